The van der Waals surface area contributed by atoms with Crippen molar-refractivity contribution in [1.82, 2.24) is 0 Å². The minimum absolute atomic E-state index is 0.451. The van der Waals surface area contributed by atoms with Crippen LogP contribution in [0.3, 0.4) is 0 Å². The molecule has 4 heteroatoms. The van der Waals surface area contributed by atoms with Crippen molar-refractivity contribution in [2.24, 2.45) is 5.41 Å². The maximum absolute atomic E-state index is 11.1. The molecule has 0 amide bonds. The molecule has 4 nitrogen and oxygen atoms in total. The summed E-state index contributed by atoms with van der Waals surface area (Å²) in [7, 11) is 1.58. The number of benzene rings is 1. The highest BCUT2D eigenvalue weighted by molar-refractivity contribution is 5.74. The molecule has 0 saturated carbocycles. The van der Waals surface area contributed by atoms with Crippen LogP contribution in [-0.4, -0.2) is 24.8 Å². The molecule has 0 aromatic heterocycles. The van der Waals surface area contributed by atoms with Crippen LogP contribution < -0.4 is 9.47 Å². The van der Waals surface area contributed by atoms with Gasteiger partial charge in [0.15, 0.2) is 11.5 Å². The quantitative estimate of drug-likeness (QED) is 0.845. The Kier molecular flexibility index (Phi) is 4.59. The first-order valence-corrected chi connectivity index (χ1v) is 5.94. The monoisotopic (exact) mass is 252 g/mol. The highest BCUT2D eigenvalue weighted by Gasteiger charge is 2.27. The Hall–Kier alpha value is -1.71. The smallest absolute Gasteiger partial charge is 0.309 e. The third-order valence-corrected chi connectivity index (χ3v) is 2.75. The van der Waals surface area contributed by atoms with Crippen molar-refractivity contribution in [2.75, 3.05) is 13.7 Å². The van der Waals surface area contributed by atoms with Gasteiger partial charge < -0.3 is 14.6 Å². The first kappa shape index (κ1) is 14.4. The van der Waals surface area contributed by atoms with E-state index >= 15 is 0 Å². The zero-order chi connectivity index (χ0) is 13.8. The number of carboxylic acids is 1. The molecule has 0 atom stereocenters. The molecule has 0 saturated heterocycles. The Morgan fingerprint density at radius 1 is 1.33 bits per heavy atom. The molecular formula is C14H20O4. The van der Waals surface area contributed by atoms with Gasteiger partial charge in [0.05, 0.1) is 19.1 Å². The van der Waals surface area contributed by atoms with E-state index in [1.54, 1.807) is 27.0 Å². The Morgan fingerprint density at radius 2 is 2.00 bits per heavy atom. The lowest BCUT2D eigenvalue weighted by Crippen LogP contribution is -2.26. The van der Waals surface area contributed by atoms with Gasteiger partial charge in [0.1, 0.15) is 0 Å². The molecule has 1 N–H and O–H groups in total. The normalized spacial score (nSPS) is 11.1. The lowest BCUT2D eigenvalue weighted by molar-refractivity contribution is -0.146. The van der Waals surface area contributed by atoms with Gasteiger partial charge in [-0.25, -0.2) is 0 Å². The van der Waals surface area contributed by atoms with E-state index in [2.05, 4.69) is 0 Å². The lowest BCUT2D eigenvalue weighted by Gasteiger charge is -2.20. The molecule has 1 rings (SSSR count). The van der Waals surface area contributed by atoms with Gasteiger partial charge in [-0.1, -0.05) is 6.07 Å². The topological polar surface area (TPSA) is 55.8 Å². The number of hydrogen-bond donors (Lipinski definition) is 1. The van der Waals surface area contributed by atoms with Gasteiger partial charge in [0, 0.05) is 0 Å². The number of carbonyl (C=O) groups is 1. The molecule has 0 aliphatic rings. The van der Waals surface area contributed by atoms with Crippen molar-refractivity contribution in [3.63, 3.8) is 0 Å². The Labute approximate surface area is 108 Å². The molecule has 0 aliphatic heterocycles. The molecule has 0 bridgehead atoms. The van der Waals surface area contributed by atoms with Crippen molar-refractivity contribution in [3.05, 3.63) is 23.8 Å². The van der Waals surface area contributed by atoms with Crippen molar-refractivity contribution >= 4 is 5.97 Å². The van der Waals surface area contributed by atoms with Crippen LogP contribution in [0.15, 0.2) is 18.2 Å². The zero-order valence-corrected chi connectivity index (χ0v) is 11.3. The summed E-state index contributed by atoms with van der Waals surface area (Å²) in [5, 5.41) is 9.12. The number of hydrogen-bond acceptors (Lipinski definition) is 3. The summed E-state index contributed by atoms with van der Waals surface area (Å²) in [4.78, 5) is 11.1. The molecule has 1 aromatic carbocycles. The number of ether oxygens (including phenoxy) is 2. The first-order valence-electron chi connectivity index (χ1n) is 5.94. The minimum Gasteiger partial charge on any atom is -0.493 e. The summed E-state index contributed by atoms with van der Waals surface area (Å²) in [6, 6.07) is 5.51. The molecule has 100 valence electrons. The van der Waals surface area contributed by atoms with Gasteiger partial charge in [-0.2, -0.15) is 0 Å². The van der Waals surface area contributed by atoms with Crippen LogP contribution >= 0.6 is 0 Å². The summed E-state index contributed by atoms with van der Waals surface area (Å²) in [5.41, 5.74) is 0.129. The van der Waals surface area contributed by atoms with Gasteiger partial charge >= 0.3 is 5.97 Å². The van der Waals surface area contributed by atoms with Gasteiger partial charge in [-0.15, -0.1) is 0 Å². The van der Waals surface area contributed by atoms with Crippen molar-refractivity contribution < 1.29 is 19.4 Å². The van der Waals surface area contributed by atoms with E-state index in [-0.39, 0.29) is 0 Å². The van der Waals surface area contributed by atoms with Crippen molar-refractivity contribution in [3.8, 4) is 11.5 Å². The third kappa shape index (κ3) is 3.39. The highest BCUT2D eigenvalue weighted by Crippen LogP contribution is 2.31. The van der Waals surface area contributed by atoms with Crippen LogP contribution in [0.25, 0.3) is 0 Å². The fourth-order valence-corrected chi connectivity index (χ4v) is 1.69. The van der Waals surface area contributed by atoms with Gasteiger partial charge in [-0.3, -0.25) is 4.79 Å². The molecule has 1 aromatic rings. The molecule has 0 heterocycles. The summed E-state index contributed by atoms with van der Waals surface area (Å²) < 4.78 is 10.7. The van der Waals surface area contributed by atoms with E-state index in [1.807, 2.05) is 19.1 Å². The number of carboxylic acid groups (broad SMARTS) is 1. The van der Waals surface area contributed by atoms with E-state index in [0.717, 1.165) is 5.56 Å². The standard InChI is InChI=1S/C14H20O4/c1-5-18-12-8-10(6-7-11(12)17-4)9-14(2,3)13(15)16/h6-8H,5,9H2,1-4H3,(H,15,16). The Morgan fingerprint density at radius 3 is 2.50 bits per heavy atom. The van der Waals surface area contributed by atoms with Crippen LogP contribution in [-0.2, 0) is 11.2 Å². The molecule has 0 radical (unpaired) electrons. The van der Waals surface area contributed by atoms with Crippen LogP contribution in [0.1, 0.15) is 26.3 Å². The number of methoxy groups -OCH3 is 1. The number of aliphatic carboxylic acids is 1. The minimum atomic E-state index is -0.809. The fraction of sp³-hybridized carbons (Fsp3) is 0.500. The van der Waals surface area contributed by atoms with Crippen LogP contribution in [0.5, 0.6) is 11.5 Å². The maximum Gasteiger partial charge on any atom is 0.309 e. The zero-order valence-electron chi connectivity index (χ0n) is 11.3. The molecule has 0 fully saturated rings. The van der Waals surface area contributed by atoms with E-state index < -0.39 is 11.4 Å². The maximum atomic E-state index is 11.1. The molecule has 0 unspecified atom stereocenters. The van der Waals surface area contributed by atoms with E-state index in [0.29, 0.717) is 24.5 Å². The van der Waals surface area contributed by atoms with Crippen LogP contribution in [0, 0.1) is 5.41 Å². The molecule has 0 aliphatic carbocycles. The summed E-state index contributed by atoms with van der Waals surface area (Å²) >= 11 is 0. The SMILES string of the molecule is CCOc1cc(CC(C)(C)C(=O)O)ccc1OC. The third-order valence-electron chi connectivity index (χ3n) is 2.75. The highest BCUT2D eigenvalue weighted by atomic mass is 16.5. The fourth-order valence-electron chi connectivity index (χ4n) is 1.69. The molecule has 0 spiro atoms. The summed E-state index contributed by atoms with van der Waals surface area (Å²) in [5.74, 6) is 0.503. The second-order valence-electron chi connectivity index (χ2n) is 4.78. The molecule has 18 heavy (non-hydrogen) atoms. The van der Waals surface area contributed by atoms with Gasteiger partial charge in [0.25, 0.3) is 0 Å². The van der Waals surface area contributed by atoms with Crippen molar-refractivity contribution in [2.45, 2.75) is 27.2 Å². The summed E-state index contributed by atoms with van der Waals surface area (Å²) in [6.45, 7) is 5.86. The van der Waals surface area contributed by atoms with E-state index in [1.165, 1.54) is 0 Å². The van der Waals surface area contributed by atoms with Gasteiger partial charge in [-0.05, 0) is 44.9 Å². The van der Waals surface area contributed by atoms with E-state index in [4.69, 9.17) is 14.6 Å². The van der Waals surface area contributed by atoms with Crippen LogP contribution in [0.2, 0.25) is 0 Å². The molecular weight excluding hydrogens is 232 g/mol. The first-order chi connectivity index (χ1) is 8.40. The second kappa shape index (κ2) is 5.76. The predicted molar refractivity (Wildman–Crippen MR) is 69.3 cm³/mol. The Balaban J connectivity index is 2.98. The van der Waals surface area contributed by atoms with Crippen molar-refractivity contribution in [1.29, 1.82) is 0 Å². The van der Waals surface area contributed by atoms with E-state index in [9.17, 15) is 4.79 Å². The predicted octanol–water partition coefficient (Wildman–Crippen LogP) is 2.75. The number of rotatable bonds is 6. The van der Waals surface area contributed by atoms with Gasteiger partial charge in [0.2, 0.25) is 0 Å². The second-order valence-corrected chi connectivity index (χ2v) is 4.78. The average molecular weight is 252 g/mol. The lowest BCUT2D eigenvalue weighted by atomic mass is 9.86. The average Bonchev–Trinajstić information content (AvgIpc) is 2.29. The Bertz CT molecular complexity index is 424. The van der Waals surface area contributed by atoms with Crippen LogP contribution in [0.4, 0.5) is 0 Å². The largest absolute Gasteiger partial charge is 0.493 e. The summed E-state index contributed by atoms with van der Waals surface area (Å²) in [6.07, 6.45) is 0.451.